The molecule has 4 rings (SSSR count). The summed E-state index contributed by atoms with van der Waals surface area (Å²) in [6.45, 7) is 9.07. The quantitative estimate of drug-likeness (QED) is 0.550. The summed E-state index contributed by atoms with van der Waals surface area (Å²) >= 11 is 0. The molecule has 0 saturated carbocycles. The summed E-state index contributed by atoms with van der Waals surface area (Å²) in [6, 6.07) is 15.2. The van der Waals surface area contributed by atoms with Gasteiger partial charge in [0.15, 0.2) is 5.82 Å². The highest BCUT2D eigenvalue weighted by Gasteiger charge is 2.15. The van der Waals surface area contributed by atoms with Gasteiger partial charge in [0, 0.05) is 62.3 Å². The van der Waals surface area contributed by atoms with Crippen LogP contribution in [-0.4, -0.2) is 71.5 Å². The van der Waals surface area contributed by atoms with Crippen molar-refractivity contribution in [2.24, 2.45) is 0 Å². The van der Waals surface area contributed by atoms with E-state index < -0.39 is 0 Å². The number of likely N-dealkylation sites (N-methyl/N-ethyl adjacent to an activating group) is 1. The number of benzene rings is 2. The van der Waals surface area contributed by atoms with Crippen molar-refractivity contribution < 1.29 is 9.18 Å². The fourth-order valence-electron chi connectivity index (χ4n) is 3.81. The second-order valence-electron chi connectivity index (χ2n) is 8.01. The van der Waals surface area contributed by atoms with Crippen LogP contribution < -0.4 is 10.6 Å². The molecule has 0 aliphatic carbocycles. The van der Waals surface area contributed by atoms with Gasteiger partial charge in [0.05, 0.1) is 0 Å². The summed E-state index contributed by atoms with van der Waals surface area (Å²) < 4.78 is 13.5. The first-order chi connectivity index (χ1) is 16.1. The third-order valence-electron chi connectivity index (χ3n) is 5.78. The van der Waals surface area contributed by atoms with Crippen LogP contribution in [0.1, 0.15) is 17.3 Å². The van der Waals surface area contributed by atoms with E-state index in [1.807, 2.05) is 12.1 Å². The number of carbonyl (C=O) groups excluding carboxylic acids is 1. The number of amides is 1. The lowest BCUT2D eigenvalue weighted by molar-refractivity contribution is 0.0938. The van der Waals surface area contributed by atoms with Gasteiger partial charge in [-0.05, 0) is 49.0 Å². The lowest BCUT2D eigenvalue weighted by Gasteiger charge is -2.33. The van der Waals surface area contributed by atoms with Crippen molar-refractivity contribution in [1.82, 2.24) is 25.1 Å². The van der Waals surface area contributed by atoms with Gasteiger partial charge >= 0.3 is 0 Å². The van der Waals surface area contributed by atoms with Crippen LogP contribution >= 0.6 is 0 Å². The SMILES string of the molecule is CCN1CCN(CCNC(=O)c2ccc(Nc3ccnc(-c4cccc(F)c4)n3)cc2)CC1. The Labute approximate surface area is 193 Å². The summed E-state index contributed by atoms with van der Waals surface area (Å²) in [5, 5.41) is 6.21. The highest BCUT2D eigenvalue weighted by Crippen LogP contribution is 2.20. The maximum Gasteiger partial charge on any atom is 0.251 e. The van der Waals surface area contributed by atoms with Crippen LogP contribution in [0.2, 0.25) is 0 Å². The first-order valence-electron chi connectivity index (χ1n) is 11.3. The number of piperazine rings is 1. The van der Waals surface area contributed by atoms with Gasteiger partial charge in [-0.15, -0.1) is 0 Å². The molecular weight excluding hydrogens is 419 g/mol. The first kappa shape index (κ1) is 22.8. The molecule has 172 valence electrons. The predicted molar refractivity (Wildman–Crippen MR) is 128 cm³/mol. The van der Waals surface area contributed by atoms with E-state index >= 15 is 0 Å². The zero-order chi connectivity index (χ0) is 23.0. The highest BCUT2D eigenvalue weighted by molar-refractivity contribution is 5.94. The Bertz CT molecular complexity index is 1070. The van der Waals surface area contributed by atoms with Gasteiger partial charge in [-0.2, -0.15) is 0 Å². The van der Waals surface area contributed by atoms with Crippen LogP contribution in [0.5, 0.6) is 0 Å². The average Bonchev–Trinajstić information content (AvgIpc) is 2.85. The lowest BCUT2D eigenvalue weighted by atomic mass is 10.2. The summed E-state index contributed by atoms with van der Waals surface area (Å²) in [4.78, 5) is 26.0. The Morgan fingerprint density at radius 1 is 1.03 bits per heavy atom. The molecule has 1 aliphatic heterocycles. The van der Waals surface area contributed by atoms with Gasteiger partial charge in [-0.3, -0.25) is 9.69 Å². The van der Waals surface area contributed by atoms with E-state index in [0.29, 0.717) is 29.3 Å². The van der Waals surface area contributed by atoms with E-state index in [-0.39, 0.29) is 11.7 Å². The van der Waals surface area contributed by atoms with Crippen LogP contribution in [0.3, 0.4) is 0 Å². The lowest BCUT2D eigenvalue weighted by Crippen LogP contribution is -2.48. The molecular formula is C25H29FN6O. The number of halogens is 1. The maximum absolute atomic E-state index is 13.5. The van der Waals surface area contributed by atoms with Crippen molar-refractivity contribution in [2.75, 3.05) is 51.1 Å². The number of nitrogens with zero attached hydrogens (tertiary/aromatic N) is 4. The highest BCUT2D eigenvalue weighted by atomic mass is 19.1. The minimum absolute atomic E-state index is 0.0795. The number of nitrogens with one attached hydrogen (secondary N) is 2. The Balaban J connectivity index is 1.28. The molecule has 33 heavy (non-hydrogen) atoms. The number of rotatable bonds is 8. The Morgan fingerprint density at radius 2 is 1.79 bits per heavy atom. The summed E-state index contributed by atoms with van der Waals surface area (Å²) in [7, 11) is 0. The fourth-order valence-corrected chi connectivity index (χ4v) is 3.81. The molecule has 0 radical (unpaired) electrons. The van der Waals surface area contributed by atoms with Gasteiger partial charge in [-0.1, -0.05) is 19.1 Å². The number of aromatic nitrogens is 2. The van der Waals surface area contributed by atoms with E-state index in [4.69, 9.17) is 0 Å². The normalized spacial score (nSPS) is 14.7. The van der Waals surface area contributed by atoms with Gasteiger partial charge in [-0.25, -0.2) is 14.4 Å². The molecule has 2 heterocycles. The Morgan fingerprint density at radius 3 is 2.52 bits per heavy atom. The molecule has 0 unspecified atom stereocenters. The molecule has 1 amide bonds. The van der Waals surface area contributed by atoms with Crippen LogP contribution in [0, 0.1) is 5.82 Å². The van der Waals surface area contributed by atoms with Gasteiger partial charge in [0.2, 0.25) is 0 Å². The van der Waals surface area contributed by atoms with Gasteiger partial charge in [0.1, 0.15) is 11.6 Å². The minimum Gasteiger partial charge on any atom is -0.351 e. The molecule has 0 bridgehead atoms. The minimum atomic E-state index is -0.331. The topological polar surface area (TPSA) is 73.4 Å². The largest absolute Gasteiger partial charge is 0.351 e. The zero-order valence-corrected chi connectivity index (χ0v) is 18.8. The molecule has 2 aromatic carbocycles. The summed E-state index contributed by atoms with van der Waals surface area (Å²) in [6.07, 6.45) is 1.62. The molecule has 0 atom stereocenters. The molecule has 1 aromatic heterocycles. The van der Waals surface area contributed by atoms with E-state index in [0.717, 1.165) is 45.0 Å². The van der Waals surface area contributed by atoms with Crippen LogP contribution in [-0.2, 0) is 0 Å². The molecule has 8 heteroatoms. The Kier molecular flexibility index (Phi) is 7.59. The predicted octanol–water partition coefficient (Wildman–Crippen LogP) is 3.39. The Hall–Kier alpha value is -3.36. The first-order valence-corrected chi connectivity index (χ1v) is 11.3. The second-order valence-corrected chi connectivity index (χ2v) is 8.01. The number of hydrogen-bond donors (Lipinski definition) is 2. The smallest absolute Gasteiger partial charge is 0.251 e. The van der Waals surface area contributed by atoms with E-state index in [9.17, 15) is 9.18 Å². The molecule has 1 fully saturated rings. The molecule has 7 nitrogen and oxygen atoms in total. The van der Waals surface area contributed by atoms with E-state index in [1.54, 1.807) is 36.5 Å². The van der Waals surface area contributed by atoms with E-state index in [2.05, 4.69) is 37.3 Å². The fraction of sp³-hybridized carbons (Fsp3) is 0.320. The van der Waals surface area contributed by atoms with Gasteiger partial charge in [0.25, 0.3) is 5.91 Å². The van der Waals surface area contributed by atoms with Crippen LogP contribution in [0.25, 0.3) is 11.4 Å². The summed E-state index contributed by atoms with van der Waals surface area (Å²) in [5.41, 5.74) is 2.02. The van der Waals surface area contributed by atoms with Crippen molar-refractivity contribution in [2.45, 2.75) is 6.92 Å². The second kappa shape index (κ2) is 11.0. The summed E-state index contributed by atoms with van der Waals surface area (Å²) in [5.74, 6) is 0.614. The maximum atomic E-state index is 13.5. The van der Waals surface area contributed by atoms with Crippen molar-refractivity contribution in [3.8, 4) is 11.4 Å². The molecule has 2 N–H and O–H groups in total. The van der Waals surface area contributed by atoms with Crippen molar-refractivity contribution in [3.63, 3.8) is 0 Å². The van der Waals surface area contributed by atoms with Crippen molar-refractivity contribution in [1.29, 1.82) is 0 Å². The number of hydrogen-bond acceptors (Lipinski definition) is 6. The standard InChI is InChI=1S/C25H29FN6O/c1-2-31-14-16-32(17-15-31)13-12-28-25(33)19-6-8-22(9-7-19)29-23-10-11-27-24(30-23)20-4-3-5-21(26)18-20/h3-11,18H,2,12-17H2,1H3,(H,28,33)(H,27,29,30). The van der Waals surface area contributed by atoms with Crippen molar-refractivity contribution >= 4 is 17.4 Å². The monoisotopic (exact) mass is 448 g/mol. The molecule has 1 aliphatic rings. The molecule has 1 saturated heterocycles. The molecule has 0 spiro atoms. The third kappa shape index (κ3) is 6.34. The number of anilines is 2. The number of carbonyl (C=O) groups is 1. The third-order valence-corrected chi connectivity index (χ3v) is 5.78. The average molecular weight is 449 g/mol. The van der Waals surface area contributed by atoms with E-state index in [1.165, 1.54) is 12.1 Å². The molecule has 3 aromatic rings. The van der Waals surface area contributed by atoms with Crippen LogP contribution in [0.15, 0.2) is 60.8 Å². The zero-order valence-electron chi connectivity index (χ0n) is 18.8. The van der Waals surface area contributed by atoms with Gasteiger partial charge < -0.3 is 15.5 Å². The van der Waals surface area contributed by atoms with Crippen molar-refractivity contribution in [3.05, 3.63) is 72.2 Å². The van der Waals surface area contributed by atoms with Crippen LogP contribution in [0.4, 0.5) is 15.9 Å².